The Bertz CT molecular complexity index is 620. The highest BCUT2D eigenvalue weighted by molar-refractivity contribution is 5.76. The van der Waals surface area contributed by atoms with Crippen molar-refractivity contribution < 1.29 is 4.79 Å². The largest absolute Gasteiger partial charge is 0.352 e. The molecule has 1 aromatic heterocycles. The van der Waals surface area contributed by atoms with E-state index in [0.29, 0.717) is 17.9 Å². The maximum atomic E-state index is 12.5. The molecule has 6 heteroatoms. The van der Waals surface area contributed by atoms with Gasteiger partial charge in [0.15, 0.2) is 11.6 Å². The molecule has 0 N–H and O–H groups in total. The van der Waals surface area contributed by atoms with Crippen LogP contribution in [0.5, 0.6) is 0 Å². The summed E-state index contributed by atoms with van der Waals surface area (Å²) in [5.41, 5.74) is 0. The summed E-state index contributed by atoms with van der Waals surface area (Å²) in [6.45, 7) is 6.67. The van der Waals surface area contributed by atoms with Crippen molar-refractivity contribution in [2.45, 2.75) is 64.3 Å². The van der Waals surface area contributed by atoms with Gasteiger partial charge in [-0.3, -0.25) is 4.79 Å². The van der Waals surface area contributed by atoms with Gasteiger partial charge in [-0.1, -0.05) is 12.8 Å². The molecule has 3 heterocycles. The number of piperidine rings is 1. The molecule has 1 aromatic rings. The van der Waals surface area contributed by atoms with E-state index in [2.05, 4.69) is 39.1 Å². The van der Waals surface area contributed by atoms with E-state index in [1.54, 1.807) is 0 Å². The smallest absolute Gasteiger partial charge is 0.222 e. The van der Waals surface area contributed by atoms with Crippen LogP contribution in [0, 0.1) is 5.92 Å². The second kappa shape index (κ2) is 8.44. The Morgan fingerprint density at radius 3 is 2.26 bits per heavy atom. The molecule has 3 fully saturated rings. The van der Waals surface area contributed by atoms with E-state index in [4.69, 9.17) is 0 Å². The predicted molar refractivity (Wildman–Crippen MR) is 108 cm³/mol. The van der Waals surface area contributed by atoms with Crippen LogP contribution in [-0.4, -0.2) is 59.8 Å². The van der Waals surface area contributed by atoms with Gasteiger partial charge in [0, 0.05) is 45.2 Å². The fourth-order valence-electron chi connectivity index (χ4n) is 4.85. The van der Waals surface area contributed by atoms with Crippen LogP contribution in [0.3, 0.4) is 0 Å². The van der Waals surface area contributed by atoms with Gasteiger partial charge in [-0.2, -0.15) is 0 Å². The second-order valence-corrected chi connectivity index (χ2v) is 8.51. The number of rotatable bonds is 4. The van der Waals surface area contributed by atoms with E-state index in [9.17, 15) is 4.79 Å². The monoisotopic (exact) mass is 371 g/mol. The van der Waals surface area contributed by atoms with Gasteiger partial charge in [0.25, 0.3) is 0 Å². The van der Waals surface area contributed by atoms with Crippen molar-refractivity contribution in [1.29, 1.82) is 0 Å². The number of amides is 1. The topological polar surface area (TPSA) is 52.6 Å². The van der Waals surface area contributed by atoms with Crippen LogP contribution in [-0.2, 0) is 4.79 Å². The van der Waals surface area contributed by atoms with Crippen molar-refractivity contribution in [3.63, 3.8) is 0 Å². The summed E-state index contributed by atoms with van der Waals surface area (Å²) in [6, 6.07) is 4.76. The Morgan fingerprint density at radius 2 is 1.59 bits per heavy atom. The Labute approximate surface area is 162 Å². The molecule has 148 valence electrons. The van der Waals surface area contributed by atoms with Crippen LogP contribution in [0.15, 0.2) is 12.1 Å². The standard InChI is InChI=1S/C21H33N5O/c1-17-6-4-5-11-26(17)20-10-9-19(22-23-20)24-12-14-25(15-13-24)21(27)16-18-7-2-3-8-18/h9-10,17-18H,2-8,11-16H2,1H3. The van der Waals surface area contributed by atoms with Crippen LogP contribution in [0.25, 0.3) is 0 Å². The summed E-state index contributed by atoms with van der Waals surface area (Å²) in [5, 5.41) is 9.00. The lowest BCUT2D eigenvalue weighted by atomic mass is 10.0. The first-order valence-electron chi connectivity index (χ1n) is 10.8. The van der Waals surface area contributed by atoms with Crippen molar-refractivity contribution >= 4 is 17.5 Å². The fourth-order valence-corrected chi connectivity index (χ4v) is 4.85. The van der Waals surface area contributed by atoms with Crippen molar-refractivity contribution in [2.75, 3.05) is 42.5 Å². The van der Waals surface area contributed by atoms with Crippen LogP contribution in [0.1, 0.15) is 58.3 Å². The third kappa shape index (κ3) is 4.36. The first-order valence-corrected chi connectivity index (χ1v) is 10.8. The average molecular weight is 372 g/mol. The van der Waals surface area contributed by atoms with Crippen LogP contribution < -0.4 is 9.80 Å². The lowest BCUT2D eigenvalue weighted by molar-refractivity contribution is -0.132. The van der Waals surface area contributed by atoms with E-state index >= 15 is 0 Å². The minimum atomic E-state index is 0.349. The summed E-state index contributed by atoms with van der Waals surface area (Å²) >= 11 is 0. The predicted octanol–water partition coefficient (Wildman–Crippen LogP) is 3.08. The van der Waals surface area contributed by atoms with Crippen LogP contribution in [0.2, 0.25) is 0 Å². The van der Waals surface area contributed by atoms with Gasteiger partial charge in [0.2, 0.25) is 5.91 Å². The molecule has 0 spiro atoms. The van der Waals surface area contributed by atoms with Crippen molar-refractivity contribution in [3.05, 3.63) is 12.1 Å². The zero-order chi connectivity index (χ0) is 18.6. The lowest BCUT2D eigenvalue weighted by Gasteiger charge is -2.36. The molecule has 1 saturated carbocycles. The molecular formula is C21H33N5O. The Kier molecular flexibility index (Phi) is 5.79. The zero-order valence-electron chi connectivity index (χ0n) is 16.6. The van der Waals surface area contributed by atoms with Crippen LogP contribution >= 0.6 is 0 Å². The molecule has 1 aliphatic carbocycles. The van der Waals surface area contributed by atoms with Gasteiger partial charge in [-0.05, 0) is 57.1 Å². The normalized spacial score (nSPS) is 24.5. The molecule has 3 aliphatic rings. The maximum Gasteiger partial charge on any atom is 0.222 e. The molecule has 6 nitrogen and oxygen atoms in total. The van der Waals surface area contributed by atoms with Gasteiger partial charge >= 0.3 is 0 Å². The zero-order valence-corrected chi connectivity index (χ0v) is 16.6. The molecule has 0 aromatic carbocycles. The van der Waals surface area contributed by atoms with Crippen LogP contribution in [0.4, 0.5) is 11.6 Å². The SMILES string of the molecule is CC1CCCCN1c1ccc(N2CCN(C(=O)CC3CCCC3)CC2)nn1. The maximum absolute atomic E-state index is 12.5. The number of carbonyl (C=O) groups excluding carboxylic acids is 1. The Morgan fingerprint density at radius 1 is 0.926 bits per heavy atom. The number of nitrogens with zero attached hydrogens (tertiary/aromatic N) is 5. The summed E-state index contributed by atoms with van der Waals surface area (Å²) in [4.78, 5) is 19.2. The van der Waals surface area contributed by atoms with Crippen molar-refractivity contribution in [1.82, 2.24) is 15.1 Å². The first kappa shape index (κ1) is 18.5. The molecule has 1 amide bonds. The molecule has 4 rings (SSSR count). The Balaban J connectivity index is 1.29. The molecule has 2 saturated heterocycles. The molecule has 1 unspecified atom stereocenters. The quantitative estimate of drug-likeness (QED) is 0.814. The van der Waals surface area contributed by atoms with Gasteiger partial charge in [-0.25, -0.2) is 0 Å². The number of piperazine rings is 1. The number of carbonyl (C=O) groups is 1. The van der Waals surface area contributed by atoms with E-state index < -0.39 is 0 Å². The molecule has 2 aliphatic heterocycles. The lowest BCUT2D eigenvalue weighted by Crippen LogP contribution is -2.49. The minimum Gasteiger partial charge on any atom is -0.352 e. The van der Waals surface area contributed by atoms with E-state index in [1.807, 2.05) is 4.90 Å². The summed E-state index contributed by atoms with van der Waals surface area (Å²) in [7, 11) is 0. The molecular weight excluding hydrogens is 338 g/mol. The van der Waals surface area contributed by atoms with Gasteiger partial charge in [-0.15, -0.1) is 10.2 Å². The van der Waals surface area contributed by atoms with E-state index in [-0.39, 0.29) is 0 Å². The minimum absolute atomic E-state index is 0.349. The summed E-state index contributed by atoms with van der Waals surface area (Å²) in [5.74, 6) is 2.91. The highest BCUT2D eigenvalue weighted by Crippen LogP contribution is 2.28. The average Bonchev–Trinajstić information content (AvgIpc) is 3.22. The van der Waals surface area contributed by atoms with E-state index in [0.717, 1.165) is 50.8 Å². The summed E-state index contributed by atoms with van der Waals surface area (Å²) < 4.78 is 0. The molecule has 0 bridgehead atoms. The van der Waals surface area contributed by atoms with Gasteiger partial charge in [0.1, 0.15) is 0 Å². The van der Waals surface area contributed by atoms with Crippen molar-refractivity contribution in [2.24, 2.45) is 5.92 Å². The van der Waals surface area contributed by atoms with Crippen molar-refractivity contribution in [3.8, 4) is 0 Å². The van der Waals surface area contributed by atoms with Gasteiger partial charge < -0.3 is 14.7 Å². The molecule has 0 radical (unpaired) electrons. The Hall–Kier alpha value is -1.85. The third-order valence-electron chi connectivity index (χ3n) is 6.63. The number of hydrogen-bond donors (Lipinski definition) is 0. The first-order chi connectivity index (χ1) is 13.2. The molecule has 27 heavy (non-hydrogen) atoms. The molecule has 1 atom stereocenters. The van der Waals surface area contributed by atoms with E-state index in [1.165, 1.54) is 44.9 Å². The highest BCUT2D eigenvalue weighted by Gasteiger charge is 2.26. The fraction of sp³-hybridized carbons (Fsp3) is 0.762. The summed E-state index contributed by atoms with van der Waals surface area (Å²) in [6.07, 6.45) is 9.63. The number of aromatic nitrogens is 2. The van der Waals surface area contributed by atoms with Gasteiger partial charge in [0.05, 0.1) is 0 Å². The number of anilines is 2. The highest BCUT2D eigenvalue weighted by atomic mass is 16.2. The number of hydrogen-bond acceptors (Lipinski definition) is 5. The second-order valence-electron chi connectivity index (χ2n) is 8.51. The third-order valence-corrected chi connectivity index (χ3v) is 6.63.